The standard InChI is InChI=1S/C15H20N2O2/c1-19-15(18)17-10-13-7-14(17)11-16(9-13)8-12-5-3-2-4-6-12/h2-6,13-14H,7-11H2,1H3. The number of nitrogens with zero attached hydrogens (tertiary/aromatic N) is 2. The van der Waals surface area contributed by atoms with Gasteiger partial charge in [-0.15, -0.1) is 0 Å². The van der Waals surface area contributed by atoms with Crippen molar-refractivity contribution in [3.05, 3.63) is 35.9 Å². The highest BCUT2D eigenvalue weighted by molar-refractivity contribution is 5.68. The van der Waals surface area contributed by atoms with Gasteiger partial charge in [-0.05, 0) is 17.9 Å². The predicted molar refractivity (Wildman–Crippen MR) is 72.7 cm³/mol. The van der Waals surface area contributed by atoms with E-state index in [-0.39, 0.29) is 6.09 Å². The van der Waals surface area contributed by atoms with E-state index in [2.05, 4.69) is 29.2 Å². The smallest absolute Gasteiger partial charge is 0.409 e. The Morgan fingerprint density at radius 1 is 1.26 bits per heavy atom. The highest BCUT2D eigenvalue weighted by Gasteiger charge is 2.41. The molecule has 2 unspecified atom stereocenters. The van der Waals surface area contributed by atoms with Crippen molar-refractivity contribution < 1.29 is 9.53 Å². The molecule has 1 aromatic carbocycles. The molecule has 2 bridgehead atoms. The van der Waals surface area contributed by atoms with E-state index >= 15 is 0 Å². The lowest BCUT2D eigenvalue weighted by Gasteiger charge is -2.32. The average molecular weight is 260 g/mol. The second-order valence-corrected chi connectivity index (χ2v) is 5.56. The van der Waals surface area contributed by atoms with Gasteiger partial charge in [0.15, 0.2) is 0 Å². The van der Waals surface area contributed by atoms with Gasteiger partial charge >= 0.3 is 6.09 Å². The summed E-state index contributed by atoms with van der Waals surface area (Å²) in [5, 5.41) is 0. The third-order valence-electron chi connectivity index (χ3n) is 4.14. The van der Waals surface area contributed by atoms with Crippen molar-refractivity contribution in [3.8, 4) is 0 Å². The number of likely N-dealkylation sites (tertiary alicyclic amines) is 2. The second kappa shape index (κ2) is 5.21. The molecule has 102 valence electrons. The number of ether oxygens (including phenoxy) is 1. The van der Waals surface area contributed by atoms with Crippen LogP contribution in [-0.4, -0.2) is 48.7 Å². The van der Waals surface area contributed by atoms with Gasteiger partial charge in [0, 0.05) is 32.2 Å². The molecule has 0 radical (unpaired) electrons. The first kappa shape index (κ1) is 12.5. The van der Waals surface area contributed by atoms with E-state index in [1.54, 1.807) is 0 Å². The highest BCUT2D eigenvalue weighted by atomic mass is 16.5. The summed E-state index contributed by atoms with van der Waals surface area (Å²) in [7, 11) is 1.46. The van der Waals surface area contributed by atoms with Crippen LogP contribution in [0.25, 0.3) is 0 Å². The summed E-state index contributed by atoms with van der Waals surface area (Å²) in [6, 6.07) is 10.9. The Morgan fingerprint density at radius 3 is 2.79 bits per heavy atom. The van der Waals surface area contributed by atoms with Crippen LogP contribution in [-0.2, 0) is 11.3 Å². The molecule has 4 heteroatoms. The van der Waals surface area contributed by atoms with E-state index in [1.807, 2.05) is 11.0 Å². The molecule has 0 aliphatic carbocycles. The van der Waals surface area contributed by atoms with E-state index in [9.17, 15) is 4.79 Å². The van der Waals surface area contributed by atoms with Crippen LogP contribution in [0.5, 0.6) is 0 Å². The Labute approximate surface area is 113 Å². The van der Waals surface area contributed by atoms with Gasteiger partial charge in [-0.2, -0.15) is 0 Å². The lowest BCUT2D eigenvalue weighted by molar-refractivity contribution is 0.109. The van der Waals surface area contributed by atoms with Crippen LogP contribution >= 0.6 is 0 Å². The largest absolute Gasteiger partial charge is 0.453 e. The zero-order valence-corrected chi connectivity index (χ0v) is 11.3. The van der Waals surface area contributed by atoms with Crippen molar-refractivity contribution in [2.45, 2.75) is 19.0 Å². The third kappa shape index (κ3) is 2.59. The molecule has 2 saturated heterocycles. The molecular formula is C15H20N2O2. The number of rotatable bonds is 2. The third-order valence-corrected chi connectivity index (χ3v) is 4.14. The quantitative estimate of drug-likeness (QED) is 0.815. The maximum atomic E-state index is 11.7. The van der Waals surface area contributed by atoms with Crippen molar-refractivity contribution in [1.29, 1.82) is 0 Å². The molecule has 0 spiro atoms. The Kier molecular flexibility index (Phi) is 3.42. The van der Waals surface area contributed by atoms with Gasteiger partial charge < -0.3 is 9.64 Å². The molecule has 2 aliphatic heterocycles. The average Bonchev–Trinajstić information content (AvgIpc) is 2.74. The summed E-state index contributed by atoms with van der Waals surface area (Å²) in [5.74, 6) is 0.599. The van der Waals surface area contributed by atoms with Crippen molar-refractivity contribution in [1.82, 2.24) is 9.80 Å². The lowest BCUT2D eigenvalue weighted by atomic mass is 9.99. The Balaban J connectivity index is 1.64. The van der Waals surface area contributed by atoms with Gasteiger partial charge in [0.05, 0.1) is 7.11 Å². The minimum Gasteiger partial charge on any atom is -0.453 e. The summed E-state index contributed by atoms with van der Waals surface area (Å²) in [5.41, 5.74) is 1.34. The van der Waals surface area contributed by atoms with Crippen molar-refractivity contribution >= 4 is 6.09 Å². The molecule has 1 aromatic rings. The number of amides is 1. The molecule has 0 N–H and O–H groups in total. The molecule has 1 amide bonds. The minimum absolute atomic E-state index is 0.172. The van der Waals surface area contributed by atoms with Gasteiger partial charge in [0.25, 0.3) is 0 Å². The van der Waals surface area contributed by atoms with Crippen LogP contribution in [0.4, 0.5) is 4.79 Å². The van der Waals surface area contributed by atoms with Gasteiger partial charge in [0.1, 0.15) is 0 Å². The maximum absolute atomic E-state index is 11.7. The first-order chi connectivity index (χ1) is 9.26. The lowest BCUT2D eigenvalue weighted by Crippen LogP contribution is -2.43. The number of fused-ring (bicyclic) bond motifs is 2. The zero-order chi connectivity index (χ0) is 13.2. The number of hydrogen-bond acceptors (Lipinski definition) is 3. The van der Waals surface area contributed by atoms with Gasteiger partial charge in [0.2, 0.25) is 0 Å². The van der Waals surface area contributed by atoms with E-state index in [1.165, 1.54) is 12.7 Å². The summed E-state index contributed by atoms with van der Waals surface area (Å²) >= 11 is 0. The number of methoxy groups -OCH3 is 1. The monoisotopic (exact) mass is 260 g/mol. The number of carbonyl (C=O) groups excluding carboxylic acids is 1. The van der Waals surface area contributed by atoms with E-state index in [0.29, 0.717) is 12.0 Å². The van der Waals surface area contributed by atoms with Crippen molar-refractivity contribution in [3.63, 3.8) is 0 Å². The molecule has 19 heavy (non-hydrogen) atoms. The van der Waals surface area contributed by atoms with Crippen molar-refractivity contribution in [2.75, 3.05) is 26.7 Å². The van der Waals surface area contributed by atoms with E-state index < -0.39 is 0 Å². The molecule has 0 saturated carbocycles. The fourth-order valence-corrected chi connectivity index (χ4v) is 3.37. The normalized spacial score (nSPS) is 26.5. The van der Waals surface area contributed by atoms with Crippen LogP contribution in [0, 0.1) is 5.92 Å². The number of benzene rings is 1. The minimum atomic E-state index is -0.172. The predicted octanol–water partition coefficient (Wildman–Crippen LogP) is 1.96. The highest BCUT2D eigenvalue weighted by Crippen LogP contribution is 2.30. The van der Waals surface area contributed by atoms with Crippen LogP contribution in [0.3, 0.4) is 0 Å². The fraction of sp³-hybridized carbons (Fsp3) is 0.533. The maximum Gasteiger partial charge on any atom is 0.409 e. The molecular weight excluding hydrogens is 240 g/mol. The van der Waals surface area contributed by atoms with Crippen molar-refractivity contribution in [2.24, 2.45) is 5.92 Å². The van der Waals surface area contributed by atoms with Gasteiger partial charge in [-0.1, -0.05) is 30.3 Å². The molecule has 2 heterocycles. The zero-order valence-electron chi connectivity index (χ0n) is 11.3. The number of piperidine rings is 1. The van der Waals surface area contributed by atoms with Crippen LogP contribution < -0.4 is 0 Å². The van der Waals surface area contributed by atoms with Gasteiger partial charge in [-0.3, -0.25) is 4.90 Å². The number of hydrogen-bond donors (Lipinski definition) is 0. The molecule has 0 aromatic heterocycles. The van der Waals surface area contributed by atoms with E-state index in [4.69, 9.17) is 4.74 Å². The first-order valence-electron chi connectivity index (χ1n) is 6.87. The molecule has 2 atom stereocenters. The summed E-state index contributed by atoms with van der Waals surface area (Å²) in [6.45, 7) is 3.87. The van der Waals surface area contributed by atoms with Crippen LogP contribution in [0.1, 0.15) is 12.0 Å². The topological polar surface area (TPSA) is 32.8 Å². The first-order valence-corrected chi connectivity index (χ1v) is 6.87. The second-order valence-electron chi connectivity index (χ2n) is 5.56. The van der Waals surface area contributed by atoms with Crippen LogP contribution in [0.15, 0.2) is 30.3 Å². The molecule has 3 rings (SSSR count). The number of carbonyl (C=O) groups is 1. The Morgan fingerprint density at radius 2 is 2.05 bits per heavy atom. The molecule has 2 fully saturated rings. The summed E-state index contributed by atoms with van der Waals surface area (Å²) < 4.78 is 4.86. The molecule has 4 nitrogen and oxygen atoms in total. The summed E-state index contributed by atoms with van der Waals surface area (Å²) in [6.07, 6.45) is 0.953. The fourth-order valence-electron chi connectivity index (χ4n) is 3.37. The summed E-state index contributed by atoms with van der Waals surface area (Å²) in [4.78, 5) is 16.1. The Bertz CT molecular complexity index is 449. The van der Waals surface area contributed by atoms with Crippen LogP contribution in [0.2, 0.25) is 0 Å². The Hall–Kier alpha value is -1.55. The van der Waals surface area contributed by atoms with E-state index in [0.717, 1.165) is 32.6 Å². The SMILES string of the molecule is COC(=O)N1CC2CC1CN(Cc1ccccc1)C2. The molecule has 2 aliphatic rings. The van der Waals surface area contributed by atoms with Gasteiger partial charge in [-0.25, -0.2) is 4.79 Å².